The van der Waals surface area contributed by atoms with E-state index in [9.17, 15) is 0 Å². The monoisotopic (exact) mass is 494 g/mol. The van der Waals surface area contributed by atoms with Crippen molar-refractivity contribution in [3.05, 3.63) is 0 Å². The van der Waals surface area contributed by atoms with Gasteiger partial charge >= 0.3 is 8.80 Å². The third kappa shape index (κ3) is 11.0. The molecule has 0 fully saturated rings. The summed E-state index contributed by atoms with van der Waals surface area (Å²) in [5.74, 6) is 0. The summed E-state index contributed by atoms with van der Waals surface area (Å²) in [7, 11) is -1.91. The lowest BCUT2D eigenvalue weighted by molar-refractivity contribution is -0.325. The van der Waals surface area contributed by atoms with Gasteiger partial charge in [0.25, 0.3) is 5.41 Å². The molecule has 0 aromatic heterocycles. The second kappa shape index (κ2) is 20.2. The molecule has 8 heteroatoms. The molecule has 0 aliphatic rings. The molecule has 0 radical (unpaired) electrons. The Labute approximate surface area is 205 Å². The van der Waals surface area contributed by atoms with Crippen molar-refractivity contribution in [2.45, 2.75) is 124 Å². The smallest absolute Gasteiger partial charge is 0.373 e. The molecule has 0 heterocycles. The zero-order chi connectivity index (χ0) is 25.0. The van der Waals surface area contributed by atoms with Gasteiger partial charge in [0.05, 0.1) is 6.61 Å². The van der Waals surface area contributed by atoms with E-state index in [1.807, 2.05) is 6.92 Å². The fraction of sp³-hybridized carbons (Fsp3) is 1.00. The lowest BCUT2D eigenvalue weighted by Gasteiger charge is -2.48. The summed E-state index contributed by atoms with van der Waals surface area (Å²) in [6, 6.07) is 0. The second-order valence-electron chi connectivity index (χ2n) is 8.41. The molecule has 0 bridgehead atoms. The van der Waals surface area contributed by atoms with Crippen LogP contribution in [0.2, 0.25) is 0 Å². The summed E-state index contributed by atoms with van der Waals surface area (Å²) in [5.41, 5.74) is -1.33. The SMILES string of the molecule is CCCCOC(C)C(OCCCC)(OC(CCC)OC)[Si](OCCC)(OCCC)OCCC. The molecule has 0 aliphatic carbocycles. The maximum Gasteiger partial charge on any atom is 0.566 e. The van der Waals surface area contributed by atoms with Crippen LogP contribution in [0.25, 0.3) is 0 Å². The molecule has 0 saturated carbocycles. The summed E-state index contributed by atoms with van der Waals surface area (Å²) in [6.45, 7) is 17.2. The molecule has 33 heavy (non-hydrogen) atoms. The van der Waals surface area contributed by atoms with E-state index in [0.29, 0.717) is 33.0 Å². The minimum Gasteiger partial charge on any atom is -0.373 e. The van der Waals surface area contributed by atoms with E-state index in [4.69, 9.17) is 32.2 Å². The Bertz CT molecular complexity index is 419. The maximum absolute atomic E-state index is 6.74. The van der Waals surface area contributed by atoms with Gasteiger partial charge in [0.2, 0.25) is 0 Å². The van der Waals surface area contributed by atoms with Gasteiger partial charge in [-0.3, -0.25) is 0 Å². The van der Waals surface area contributed by atoms with Gasteiger partial charge in [-0.1, -0.05) is 60.8 Å². The van der Waals surface area contributed by atoms with Crippen molar-refractivity contribution in [2.75, 3.05) is 40.1 Å². The van der Waals surface area contributed by atoms with Crippen LogP contribution < -0.4 is 0 Å². The molecule has 0 amide bonds. The average molecular weight is 495 g/mol. The quantitative estimate of drug-likeness (QED) is 0.0892. The molecule has 0 saturated heterocycles. The van der Waals surface area contributed by atoms with Gasteiger partial charge in [0.1, 0.15) is 6.10 Å². The van der Waals surface area contributed by atoms with Crippen LogP contribution in [0.15, 0.2) is 0 Å². The predicted octanol–water partition coefficient (Wildman–Crippen LogP) is 6.25. The van der Waals surface area contributed by atoms with Gasteiger partial charge in [-0.2, -0.15) is 0 Å². The van der Waals surface area contributed by atoms with Crippen LogP contribution in [0.3, 0.4) is 0 Å². The number of hydrogen-bond acceptors (Lipinski definition) is 7. The summed E-state index contributed by atoms with van der Waals surface area (Å²) in [4.78, 5) is 0. The van der Waals surface area contributed by atoms with Crippen molar-refractivity contribution >= 4 is 8.80 Å². The van der Waals surface area contributed by atoms with Crippen molar-refractivity contribution < 1.29 is 32.2 Å². The van der Waals surface area contributed by atoms with Gasteiger partial charge in [-0.15, -0.1) is 0 Å². The van der Waals surface area contributed by atoms with Crippen LogP contribution in [0.5, 0.6) is 0 Å². The van der Waals surface area contributed by atoms with E-state index in [0.717, 1.165) is 57.8 Å². The highest BCUT2D eigenvalue weighted by Gasteiger charge is 2.69. The van der Waals surface area contributed by atoms with Crippen LogP contribution in [0, 0.1) is 0 Å². The first-order valence-electron chi connectivity index (χ1n) is 13.3. The van der Waals surface area contributed by atoms with Gasteiger partial charge in [-0.05, 0) is 45.4 Å². The Morgan fingerprint density at radius 1 is 0.667 bits per heavy atom. The third-order valence-electron chi connectivity index (χ3n) is 5.22. The first-order chi connectivity index (χ1) is 16.0. The molecule has 0 aliphatic heterocycles. The summed E-state index contributed by atoms with van der Waals surface area (Å²) in [5, 5.41) is 0. The summed E-state index contributed by atoms with van der Waals surface area (Å²) >= 11 is 0. The number of ether oxygens (including phenoxy) is 4. The molecular formula is C25H54O7Si. The highest BCUT2D eigenvalue weighted by molar-refractivity contribution is 6.63. The van der Waals surface area contributed by atoms with E-state index >= 15 is 0 Å². The Balaban J connectivity index is 6.62. The Hall–Kier alpha value is -0.0631. The molecule has 0 aromatic carbocycles. The van der Waals surface area contributed by atoms with E-state index < -0.39 is 26.6 Å². The lowest BCUT2D eigenvalue weighted by atomic mass is 10.3. The minimum atomic E-state index is -3.57. The van der Waals surface area contributed by atoms with E-state index in [1.165, 1.54) is 0 Å². The second-order valence-corrected chi connectivity index (χ2v) is 11.1. The summed E-state index contributed by atoms with van der Waals surface area (Å²) in [6.07, 6.45) is 7.05. The first-order valence-corrected chi connectivity index (χ1v) is 15.1. The van der Waals surface area contributed by atoms with Gasteiger partial charge < -0.3 is 32.2 Å². The topological polar surface area (TPSA) is 64.6 Å². The Kier molecular flexibility index (Phi) is 20.1. The van der Waals surface area contributed by atoms with Crippen molar-refractivity contribution in [1.29, 1.82) is 0 Å². The fourth-order valence-corrected chi connectivity index (χ4v) is 6.74. The molecule has 7 nitrogen and oxygen atoms in total. The van der Waals surface area contributed by atoms with E-state index in [2.05, 4.69) is 41.5 Å². The Morgan fingerprint density at radius 3 is 1.61 bits per heavy atom. The molecular weight excluding hydrogens is 440 g/mol. The van der Waals surface area contributed by atoms with Gasteiger partial charge in [0.15, 0.2) is 6.29 Å². The normalized spacial score (nSPS) is 16.0. The lowest BCUT2D eigenvalue weighted by Crippen LogP contribution is -2.73. The zero-order valence-electron chi connectivity index (χ0n) is 22.9. The maximum atomic E-state index is 6.74. The van der Waals surface area contributed by atoms with Crippen LogP contribution in [0.1, 0.15) is 106 Å². The van der Waals surface area contributed by atoms with Crippen molar-refractivity contribution in [2.24, 2.45) is 0 Å². The molecule has 0 aromatic rings. The average Bonchev–Trinajstić information content (AvgIpc) is 2.82. The standard InChI is InChI=1S/C25H54O7Si/c1-9-15-21-27-23(7)25(28-22-16-10-2,32-24(26-8)17-11-3)33(29-18-12-4,30-19-13-5)31-20-14-6/h23-24H,9-22H2,1-8H3. The van der Waals surface area contributed by atoms with E-state index in [1.54, 1.807) is 7.11 Å². The first kappa shape index (κ1) is 32.9. The predicted molar refractivity (Wildman–Crippen MR) is 135 cm³/mol. The molecule has 3 atom stereocenters. The number of unbranched alkanes of at least 4 members (excludes halogenated alkanes) is 2. The van der Waals surface area contributed by atoms with Crippen molar-refractivity contribution in [1.82, 2.24) is 0 Å². The molecule has 0 rings (SSSR count). The highest BCUT2D eigenvalue weighted by atomic mass is 28.4. The van der Waals surface area contributed by atoms with Crippen molar-refractivity contribution in [3.8, 4) is 0 Å². The third-order valence-corrected chi connectivity index (χ3v) is 8.50. The minimum absolute atomic E-state index is 0.465. The van der Waals surface area contributed by atoms with Crippen LogP contribution in [-0.4, -0.2) is 66.8 Å². The Morgan fingerprint density at radius 2 is 1.18 bits per heavy atom. The van der Waals surface area contributed by atoms with Gasteiger partial charge in [0, 0.05) is 33.5 Å². The number of rotatable bonds is 24. The van der Waals surface area contributed by atoms with E-state index in [-0.39, 0.29) is 0 Å². The van der Waals surface area contributed by atoms with Crippen LogP contribution in [-0.2, 0) is 32.2 Å². The molecule has 3 unspecified atom stereocenters. The van der Waals surface area contributed by atoms with Gasteiger partial charge in [-0.25, -0.2) is 0 Å². The zero-order valence-corrected chi connectivity index (χ0v) is 23.9. The number of hydrogen-bond donors (Lipinski definition) is 0. The molecule has 200 valence electrons. The number of methoxy groups -OCH3 is 1. The molecule has 0 N–H and O–H groups in total. The van der Waals surface area contributed by atoms with Crippen molar-refractivity contribution in [3.63, 3.8) is 0 Å². The highest BCUT2D eigenvalue weighted by Crippen LogP contribution is 2.38. The van der Waals surface area contributed by atoms with Crippen LogP contribution in [0.4, 0.5) is 0 Å². The molecule has 0 spiro atoms. The van der Waals surface area contributed by atoms with Crippen LogP contribution >= 0.6 is 0 Å². The fourth-order valence-electron chi connectivity index (χ4n) is 3.33. The largest absolute Gasteiger partial charge is 0.566 e. The summed E-state index contributed by atoms with van der Waals surface area (Å²) < 4.78 is 45.1.